The van der Waals surface area contributed by atoms with E-state index in [1.807, 2.05) is 42.5 Å². The van der Waals surface area contributed by atoms with Crippen molar-refractivity contribution in [3.63, 3.8) is 0 Å². The summed E-state index contributed by atoms with van der Waals surface area (Å²) < 4.78 is 5.08. The molecule has 0 spiro atoms. The summed E-state index contributed by atoms with van der Waals surface area (Å²) in [7, 11) is 1.58. The fourth-order valence-corrected chi connectivity index (χ4v) is 2.96. The third-order valence-electron chi connectivity index (χ3n) is 4.51. The number of ether oxygens (including phenoxy) is 1. The minimum absolute atomic E-state index is 0.153. The van der Waals surface area contributed by atoms with E-state index < -0.39 is 0 Å². The zero-order valence-corrected chi connectivity index (χ0v) is 16.9. The van der Waals surface area contributed by atoms with E-state index in [0.717, 1.165) is 17.7 Å². The number of para-hydroxylation sites is 1. The SMILES string of the molecule is COc1ccc(NC(=O)NCCC(=O)Nc2ccccc2Cc2ccccc2)cc1. The molecule has 0 radical (unpaired) electrons. The zero-order valence-electron chi connectivity index (χ0n) is 16.9. The van der Waals surface area contributed by atoms with Crippen molar-refractivity contribution in [3.05, 3.63) is 90.0 Å². The molecule has 3 rings (SSSR count). The molecule has 0 saturated heterocycles. The highest BCUT2D eigenvalue weighted by molar-refractivity contribution is 5.93. The van der Waals surface area contributed by atoms with Gasteiger partial charge in [0.15, 0.2) is 0 Å². The Morgan fingerprint density at radius 1 is 0.833 bits per heavy atom. The molecule has 0 bridgehead atoms. The van der Waals surface area contributed by atoms with Gasteiger partial charge in [-0.3, -0.25) is 4.79 Å². The van der Waals surface area contributed by atoms with Crippen LogP contribution in [0.2, 0.25) is 0 Å². The van der Waals surface area contributed by atoms with Gasteiger partial charge in [0.05, 0.1) is 7.11 Å². The number of amides is 3. The lowest BCUT2D eigenvalue weighted by Gasteiger charge is -2.12. The molecule has 0 atom stereocenters. The average molecular weight is 403 g/mol. The topological polar surface area (TPSA) is 79.5 Å². The normalized spacial score (nSPS) is 10.2. The van der Waals surface area contributed by atoms with Crippen molar-refractivity contribution >= 4 is 23.3 Å². The monoisotopic (exact) mass is 403 g/mol. The fraction of sp³-hybridized carbons (Fsp3) is 0.167. The molecular weight excluding hydrogens is 378 g/mol. The van der Waals surface area contributed by atoms with Gasteiger partial charge < -0.3 is 20.7 Å². The molecule has 3 amide bonds. The van der Waals surface area contributed by atoms with E-state index in [-0.39, 0.29) is 24.9 Å². The zero-order chi connectivity index (χ0) is 21.2. The molecule has 3 aromatic rings. The summed E-state index contributed by atoms with van der Waals surface area (Å²) in [5.41, 5.74) is 3.65. The van der Waals surface area contributed by atoms with Gasteiger partial charge in [-0.25, -0.2) is 4.79 Å². The summed E-state index contributed by atoms with van der Waals surface area (Å²) in [6.45, 7) is 0.231. The molecule has 0 aliphatic rings. The predicted octanol–water partition coefficient (Wildman–Crippen LogP) is 4.44. The summed E-state index contributed by atoms with van der Waals surface area (Å²) in [5.74, 6) is 0.561. The fourth-order valence-electron chi connectivity index (χ4n) is 2.96. The Morgan fingerprint density at radius 2 is 1.53 bits per heavy atom. The molecular formula is C24H25N3O3. The Kier molecular flexibility index (Phi) is 7.44. The van der Waals surface area contributed by atoms with Crippen LogP contribution in [-0.4, -0.2) is 25.6 Å². The molecule has 3 aromatic carbocycles. The molecule has 154 valence electrons. The van der Waals surface area contributed by atoms with Gasteiger partial charge in [-0.05, 0) is 47.9 Å². The molecule has 0 unspecified atom stereocenters. The van der Waals surface area contributed by atoms with Crippen LogP contribution in [-0.2, 0) is 11.2 Å². The van der Waals surface area contributed by atoms with Gasteiger partial charge >= 0.3 is 6.03 Å². The van der Waals surface area contributed by atoms with Crippen molar-refractivity contribution in [2.75, 3.05) is 24.3 Å². The summed E-state index contributed by atoms with van der Waals surface area (Å²) in [4.78, 5) is 24.3. The van der Waals surface area contributed by atoms with E-state index in [0.29, 0.717) is 11.4 Å². The number of hydrogen-bond acceptors (Lipinski definition) is 3. The maximum Gasteiger partial charge on any atom is 0.319 e. The lowest BCUT2D eigenvalue weighted by molar-refractivity contribution is -0.116. The van der Waals surface area contributed by atoms with Crippen LogP contribution in [0.15, 0.2) is 78.9 Å². The second kappa shape index (κ2) is 10.7. The molecule has 0 fully saturated rings. The molecule has 0 aliphatic heterocycles. The van der Waals surface area contributed by atoms with E-state index in [1.165, 1.54) is 5.56 Å². The highest BCUT2D eigenvalue weighted by Gasteiger charge is 2.08. The Balaban J connectivity index is 1.46. The van der Waals surface area contributed by atoms with Gasteiger partial charge in [0.1, 0.15) is 5.75 Å². The van der Waals surface area contributed by atoms with Crippen LogP contribution in [0, 0.1) is 0 Å². The molecule has 6 nitrogen and oxygen atoms in total. The van der Waals surface area contributed by atoms with Gasteiger partial charge in [0, 0.05) is 24.3 Å². The van der Waals surface area contributed by atoms with E-state index in [1.54, 1.807) is 31.4 Å². The van der Waals surface area contributed by atoms with Crippen LogP contribution < -0.4 is 20.7 Å². The highest BCUT2D eigenvalue weighted by Crippen LogP contribution is 2.19. The van der Waals surface area contributed by atoms with Crippen molar-refractivity contribution in [1.29, 1.82) is 0 Å². The molecule has 0 saturated carbocycles. The molecule has 6 heteroatoms. The van der Waals surface area contributed by atoms with Crippen molar-refractivity contribution in [3.8, 4) is 5.75 Å². The molecule has 0 aromatic heterocycles. The van der Waals surface area contributed by atoms with Crippen molar-refractivity contribution in [1.82, 2.24) is 5.32 Å². The quantitative estimate of drug-likeness (QED) is 0.520. The summed E-state index contributed by atoms with van der Waals surface area (Å²) in [6.07, 6.45) is 0.912. The first kappa shape index (κ1) is 20.9. The number of benzene rings is 3. The van der Waals surface area contributed by atoms with Crippen LogP contribution in [0.4, 0.5) is 16.2 Å². The predicted molar refractivity (Wildman–Crippen MR) is 119 cm³/mol. The Hall–Kier alpha value is -3.80. The number of anilines is 2. The van der Waals surface area contributed by atoms with Crippen LogP contribution in [0.25, 0.3) is 0 Å². The maximum absolute atomic E-state index is 12.3. The first-order valence-electron chi connectivity index (χ1n) is 9.74. The van der Waals surface area contributed by atoms with E-state index in [9.17, 15) is 9.59 Å². The number of nitrogens with one attached hydrogen (secondary N) is 3. The lowest BCUT2D eigenvalue weighted by Crippen LogP contribution is -2.31. The molecule has 0 heterocycles. The van der Waals surface area contributed by atoms with Gasteiger partial charge in [-0.2, -0.15) is 0 Å². The molecule has 0 aliphatic carbocycles. The Morgan fingerprint density at radius 3 is 2.27 bits per heavy atom. The van der Waals surface area contributed by atoms with Gasteiger partial charge in [-0.1, -0.05) is 48.5 Å². The third kappa shape index (κ3) is 6.38. The third-order valence-corrected chi connectivity index (χ3v) is 4.51. The highest BCUT2D eigenvalue weighted by atomic mass is 16.5. The number of hydrogen-bond donors (Lipinski definition) is 3. The summed E-state index contributed by atoms with van der Waals surface area (Å²) in [6, 6.07) is 24.5. The van der Waals surface area contributed by atoms with Gasteiger partial charge in [-0.15, -0.1) is 0 Å². The summed E-state index contributed by atoms with van der Waals surface area (Å²) in [5, 5.41) is 8.35. The van der Waals surface area contributed by atoms with Crippen molar-refractivity contribution < 1.29 is 14.3 Å². The standard InChI is InChI=1S/C24H25N3O3/c1-30-21-13-11-20(12-14-21)26-24(29)25-16-15-23(28)27-22-10-6-5-9-19(22)17-18-7-3-2-4-8-18/h2-14H,15-17H2,1H3,(H,27,28)(H2,25,26,29). The Labute approximate surface area is 176 Å². The van der Waals surface area contributed by atoms with E-state index in [2.05, 4.69) is 28.1 Å². The minimum Gasteiger partial charge on any atom is -0.497 e. The van der Waals surface area contributed by atoms with Crippen LogP contribution in [0.1, 0.15) is 17.5 Å². The second-order valence-corrected chi connectivity index (χ2v) is 6.73. The van der Waals surface area contributed by atoms with E-state index >= 15 is 0 Å². The van der Waals surface area contributed by atoms with Crippen LogP contribution in [0.3, 0.4) is 0 Å². The van der Waals surface area contributed by atoms with Crippen LogP contribution >= 0.6 is 0 Å². The summed E-state index contributed by atoms with van der Waals surface area (Å²) >= 11 is 0. The van der Waals surface area contributed by atoms with Crippen molar-refractivity contribution in [2.24, 2.45) is 0 Å². The largest absolute Gasteiger partial charge is 0.497 e. The maximum atomic E-state index is 12.3. The molecule has 3 N–H and O–H groups in total. The van der Waals surface area contributed by atoms with Gasteiger partial charge in [0.2, 0.25) is 5.91 Å². The van der Waals surface area contributed by atoms with E-state index in [4.69, 9.17) is 4.74 Å². The number of rotatable bonds is 8. The first-order valence-corrected chi connectivity index (χ1v) is 9.74. The number of carbonyl (C=O) groups excluding carboxylic acids is 2. The smallest absolute Gasteiger partial charge is 0.319 e. The van der Waals surface area contributed by atoms with Gasteiger partial charge in [0.25, 0.3) is 0 Å². The second-order valence-electron chi connectivity index (χ2n) is 6.73. The molecule has 30 heavy (non-hydrogen) atoms. The van der Waals surface area contributed by atoms with Crippen LogP contribution in [0.5, 0.6) is 5.75 Å². The minimum atomic E-state index is -0.363. The van der Waals surface area contributed by atoms with Crippen molar-refractivity contribution in [2.45, 2.75) is 12.8 Å². The Bertz CT molecular complexity index is 973. The lowest BCUT2D eigenvalue weighted by atomic mass is 10.0. The number of methoxy groups -OCH3 is 1. The average Bonchev–Trinajstić information content (AvgIpc) is 2.76. The number of carbonyl (C=O) groups is 2. The number of urea groups is 1. The first-order chi connectivity index (χ1) is 14.6.